The molecule has 2 rings (SSSR count). The van der Waals surface area contributed by atoms with Gasteiger partial charge in [0.2, 0.25) is 11.8 Å². The number of benzene rings is 1. The second-order valence-corrected chi connectivity index (χ2v) is 4.75. The average molecular weight is 277 g/mol. The fraction of sp³-hybridized carbons (Fsp3) is 0.429. The van der Waals surface area contributed by atoms with Crippen LogP contribution in [0.15, 0.2) is 12.1 Å². The van der Waals surface area contributed by atoms with Crippen molar-refractivity contribution in [3.8, 4) is 5.75 Å². The van der Waals surface area contributed by atoms with Crippen LogP contribution in [0.3, 0.4) is 0 Å². The number of methoxy groups -OCH3 is 1. The lowest BCUT2D eigenvalue weighted by atomic mass is 9.92. The lowest BCUT2D eigenvalue weighted by molar-refractivity contribution is -0.120. The Hall–Kier alpha value is -2.24. The van der Waals surface area contributed by atoms with Crippen molar-refractivity contribution in [3.05, 3.63) is 17.7 Å². The third-order valence-electron chi connectivity index (χ3n) is 3.65. The first-order valence-electron chi connectivity index (χ1n) is 6.57. The van der Waals surface area contributed by atoms with E-state index in [0.29, 0.717) is 35.7 Å². The number of nitrogen functional groups attached to an aromatic ring is 1. The van der Waals surface area contributed by atoms with Gasteiger partial charge < -0.3 is 21.1 Å². The Morgan fingerprint density at radius 1 is 1.50 bits per heavy atom. The maximum absolute atomic E-state index is 12.2. The Balaban J connectivity index is 2.72. The van der Waals surface area contributed by atoms with Crippen LogP contribution < -0.4 is 21.1 Å². The third kappa shape index (κ3) is 2.17. The Kier molecular flexibility index (Phi) is 3.83. The van der Waals surface area contributed by atoms with E-state index in [1.807, 2.05) is 6.92 Å². The molecule has 2 amide bonds. The minimum Gasteiger partial charge on any atom is -0.494 e. The van der Waals surface area contributed by atoms with E-state index < -0.39 is 11.8 Å². The molecule has 0 aliphatic carbocycles. The van der Waals surface area contributed by atoms with Gasteiger partial charge in [-0.1, -0.05) is 0 Å². The topological polar surface area (TPSA) is 98.7 Å². The number of ether oxygens (including phenoxy) is 1. The van der Waals surface area contributed by atoms with Gasteiger partial charge >= 0.3 is 0 Å². The number of amides is 2. The lowest BCUT2D eigenvalue weighted by Gasteiger charge is -2.24. The highest BCUT2D eigenvalue weighted by Crippen LogP contribution is 2.43. The fourth-order valence-corrected chi connectivity index (χ4v) is 2.72. The molecule has 0 bridgehead atoms. The van der Waals surface area contributed by atoms with Crippen molar-refractivity contribution >= 4 is 23.2 Å². The number of carbonyl (C=O) groups is 2. The van der Waals surface area contributed by atoms with Gasteiger partial charge in [0.15, 0.2) is 0 Å². The van der Waals surface area contributed by atoms with Gasteiger partial charge in [-0.2, -0.15) is 0 Å². The summed E-state index contributed by atoms with van der Waals surface area (Å²) in [5, 5.41) is 0. The molecular formula is C14H19N3O3. The van der Waals surface area contributed by atoms with Crippen LogP contribution in [0.4, 0.5) is 11.4 Å². The summed E-state index contributed by atoms with van der Waals surface area (Å²) in [6.07, 6.45) is 0.649. The molecule has 1 atom stereocenters. The van der Waals surface area contributed by atoms with Crippen LogP contribution in [0.2, 0.25) is 0 Å². The number of nitrogens with zero attached hydrogens (tertiary/aromatic N) is 1. The van der Waals surface area contributed by atoms with E-state index >= 15 is 0 Å². The first-order chi connectivity index (χ1) is 9.51. The molecular weight excluding hydrogens is 258 g/mol. The molecule has 0 saturated carbocycles. The van der Waals surface area contributed by atoms with E-state index in [9.17, 15) is 9.59 Å². The molecule has 6 nitrogen and oxygen atoms in total. The highest BCUT2D eigenvalue weighted by Gasteiger charge is 2.33. The van der Waals surface area contributed by atoms with Crippen molar-refractivity contribution in [2.24, 2.45) is 5.73 Å². The van der Waals surface area contributed by atoms with Crippen LogP contribution in [0, 0.1) is 0 Å². The van der Waals surface area contributed by atoms with Gasteiger partial charge in [0.1, 0.15) is 5.75 Å². The molecule has 6 heteroatoms. The van der Waals surface area contributed by atoms with E-state index in [1.165, 1.54) is 7.11 Å². The number of anilines is 2. The van der Waals surface area contributed by atoms with E-state index in [0.717, 1.165) is 0 Å². The fourth-order valence-electron chi connectivity index (χ4n) is 2.72. The molecule has 1 aromatic carbocycles. The van der Waals surface area contributed by atoms with Crippen molar-refractivity contribution in [1.82, 2.24) is 0 Å². The number of carbonyl (C=O) groups excluding carboxylic acids is 2. The molecule has 0 spiro atoms. The number of hydrogen-bond donors (Lipinski definition) is 2. The average Bonchev–Trinajstić information content (AvgIpc) is 2.55. The van der Waals surface area contributed by atoms with Crippen LogP contribution in [0.25, 0.3) is 0 Å². The summed E-state index contributed by atoms with van der Waals surface area (Å²) in [4.78, 5) is 25.5. The zero-order valence-electron chi connectivity index (χ0n) is 11.7. The van der Waals surface area contributed by atoms with Gasteiger partial charge in [-0.25, -0.2) is 0 Å². The molecule has 1 aliphatic rings. The first-order valence-corrected chi connectivity index (χ1v) is 6.57. The lowest BCUT2D eigenvalue weighted by Crippen LogP contribution is -2.29. The summed E-state index contributed by atoms with van der Waals surface area (Å²) in [6.45, 7) is 2.40. The van der Waals surface area contributed by atoms with Gasteiger partial charge in [-0.15, -0.1) is 0 Å². The zero-order chi connectivity index (χ0) is 14.9. The number of rotatable bonds is 3. The summed E-state index contributed by atoms with van der Waals surface area (Å²) < 4.78 is 5.34. The molecule has 4 N–H and O–H groups in total. The monoisotopic (exact) mass is 277 g/mol. The van der Waals surface area contributed by atoms with Gasteiger partial charge in [0, 0.05) is 18.5 Å². The normalized spacial score (nSPS) is 18.4. The van der Waals surface area contributed by atoms with Gasteiger partial charge in [-0.05, 0) is 25.5 Å². The summed E-state index contributed by atoms with van der Waals surface area (Å²) in [6, 6.07) is 3.42. The number of primary amides is 1. The molecule has 108 valence electrons. The van der Waals surface area contributed by atoms with Crippen molar-refractivity contribution in [3.63, 3.8) is 0 Å². The van der Waals surface area contributed by atoms with E-state index in [4.69, 9.17) is 16.2 Å². The highest BCUT2D eigenvalue weighted by atomic mass is 16.5. The van der Waals surface area contributed by atoms with Gasteiger partial charge in [0.05, 0.1) is 24.4 Å². The molecule has 1 aromatic rings. The SMILES string of the molecule is CCN1C(=O)CCC(C(N)=O)c2c1ccc(N)c2OC. The largest absolute Gasteiger partial charge is 0.494 e. The third-order valence-corrected chi connectivity index (χ3v) is 3.65. The number of fused-ring (bicyclic) bond motifs is 1. The smallest absolute Gasteiger partial charge is 0.227 e. The molecule has 1 unspecified atom stereocenters. The Bertz CT molecular complexity index is 557. The van der Waals surface area contributed by atoms with Crippen LogP contribution in [0.5, 0.6) is 5.75 Å². The second kappa shape index (κ2) is 5.40. The Labute approximate surface area is 117 Å². The number of hydrogen-bond acceptors (Lipinski definition) is 4. The summed E-state index contributed by atoms with van der Waals surface area (Å²) in [5.41, 5.74) is 13.1. The minimum atomic E-state index is -0.566. The number of nitrogens with two attached hydrogens (primary N) is 2. The van der Waals surface area contributed by atoms with Gasteiger partial charge in [-0.3, -0.25) is 9.59 Å². The highest BCUT2D eigenvalue weighted by molar-refractivity contribution is 5.99. The quantitative estimate of drug-likeness (QED) is 0.805. The van der Waals surface area contributed by atoms with Crippen molar-refractivity contribution in [2.45, 2.75) is 25.7 Å². The molecule has 1 aliphatic heterocycles. The minimum absolute atomic E-state index is 0.0238. The predicted molar refractivity (Wildman–Crippen MR) is 76.6 cm³/mol. The standard InChI is InChI=1S/C14H19N3O3/c1-3-17-10-6-5-9(15)13(20-2)12(10)8(14(16)19)4-7-11(17)18/h5-6,8H,3-4,7,15H2,1-2H3,(H2,16,19). The second-order valence-electron chi connectivity index (χ2n) is 4.75. The molecule has 0 radical (unpaired) electrons. The van der Waals surface area contributed by atoms with Gasteiger partial charge in [0.25, 0.3) is 0 Å². The van der Waals surface area contributed by atoms with Crippen LogP contribution >= 0.6 is 0 Å². The summed E-state index contributed by atoms with van der Waals surface area (Å²) in [5.74, 6) is -0.631. The van der Waals surface area contributed by atoms with Crippen molar-refractivity contribution in [2.75, 3.05) is 24.3 Å². The maximum Gasteiger partial charge on any atom is 0.227 e. The van der Waals surface area contributed by atoms with E-state index in [2.05, 4.69) is 0 Å². The van der Waals surface area contributed by atoms with Crippen molar-refractivity contribution in [1.29, 1.82) is 0 Å². The Morgan fingerprint density at radius 2 is 2.20 bits per heavy atom. The van der Waals surface area contributed by atoms with E-state index in [1.54, 1.807) is 17.0 Å². The predicted octanol–water partition coefficient (Wildman–Crippen LogP) is 0.993. The Morgan fingerprint density at radius 3 is 2.75 bits per heavy atom. The summed E-state index contributed by atoms with van der Waals surface area (Å²) in [7, 11) is 1.49. The molecule has 0 fully saturated rings. The van der Waals surface area contributed by atoms with E-state index in [-0.39, 0.29) is 12.3 Å². The van der Waals surface area contributed by atoms with Crippen LogP contribution in [0.1, 0.15) is 31.2 Å². The maximum atomic E-state index is 12.2. The zero-order valence-corrected chi connectivity index (χ0v) is 11.7. The molecule has 1 heterocycles. The molecule has 0 aromatic heterocycles. The van der Waals surface area contributed by atoms with Crippen LogP contribution in [-0.4, -0.2) is 25.5 Å². The van der Waals surface area contributed by atoms with Crippen LogP contribution in [-0.2, 0) is 9.59 Å². The first kappa shape index (κ1) is 14.2. The van der Waals surface area contributed by atoms with Crippen molar-refractivity contribution < 1.29 is 14.3 Å². The molecule has 0 saturated heterocycles. The molecule has 20 heavy (non-hydrogen) atoms. The summed E-state index contributed by atoms with van der Waals surface area (Å²) >= 11 is 0.